The molecule has 1 aliphatic heterocycles. The minimum Gasteiger partial charge on any atom is -0.366 e. The van der Waals surface area contributed by atoms with Gasteiger partial charge in [0, 0.05) is 50.2 Å². The second kappa shape index (κ2) is 8.75. The van der Waals surface area contributed by atoms with Gasteiger partial charge in [0.15, 0.2) is 0 Å². The van der Waals surface area contributed by atoms with Crippen molar-refractivity contribution in [2.24, 2.45) is 5.73 Å². The van der Waals surface area contributed by atoms with Gasteiger partial charge in [0.05, 0.1) is 11.7 Å². The lowest BCUT2D eigenvalue weighted by molar-refractivity contribution is -0.121. The number of pyridine rings is 1. The summed E-state index contributed by atoms with van der Waals surface area (Å²) in [6.45, 7) is 6.23. The quantitative estimate of drug-likeness (QED) is 0.804. The van der Waals surface area contributed by atoms with E-state index in [0.717, 1.165) is 38.4 Å². The van der Waals surface area contributed by atoms with Gasteiger partial charge in [-0.2, -0.15) is 0 Å². The highest BCUT2D eigenvalue weighted by atomic mass is 16.2. The Bertz CT molecular complexity index is 771. The smallest absolute Gasteiger partial charge is 0.248 e. The molecule has 1 aromatic heterocycles. The Morgan fingerprint density at radius 2 is 1.81 bits per heavy atom. The number of carbonyl (C=O) groups is 2. The fraction of sp³-hybridized carbons (Fsp3) is 0.350. The van der Waals surface area contributed by atoms with Gasteiger partial charge >= 0.3 is 0 Å². The van der Waals surface area contributed by atoms with Gasteiger partial charge in [-0.25, -0.2) is 0 Å². The molecule has 3 rings (SSSR count). The summed E-state index contributed by atoms with van der Waals surface area (Å²) in [5.74, 6) is -0.537. The average molecular weight is 367 g/mol. The summed E-state index contributed by atoms with van der Waals surface area (Å²) < 4.78 is 0. The number of anilines is 1. The number of hydrogen-bond acceptors (Lipinski definition) is 5. The van der Waals surface area contributed by atoms with E-state index in [9.17, 15) is 9.59 Å². The normalized spacial score (nSPS) is 16.6. The summed E-state index contributed by atoms with van der Waals surface area (Å²) in [4.78, 5) is 32.6. The minimum atomic E-state index is -0.482. The summed E-state index contributed by atoms with van der Waals surface area (Å²) in [6.07, 6.45) is 1.81. The Balaban J connectivity index is 1.48. The van der Waals surface area contributed by atoms with E-state index >= 15 is 0 Å². The van der Waals surface area contributed by atoms with Crippen molar-refractivity contribution in [3.05, 3.63) is 59.9 Å². The molecule has 0 aliphatic carbocycles. The van der Waals surface area contributed by atoms with Crippen LogP contribution in [0.25, 0.3) is 0 Å². The molecule has 1 atom stereocenters. The van der Waals surface area contributed by atoms with Crippen molar-refractivity contribution in [2.75, 3.05) is 31.5 Å². The fourth-order valence-corrected chi connectivity index (χ4v) is 3.16. The van der Waals surface area contributed by atoms with Crippen LogP contribution in [0.1, 0.15) is 23.0 Å². The lowest BCUT2D eigenvalue weighted by Gasteiger charge is -2.37. The molecule has 2 aromatic rings. The van der Waals surface area contributed by atoms with Crippen molar-refractivity contribution in [3.8, 4) is 0 Å². The molecule has 2 amide bonds. The maximum absolute atomic E-state index is 12.5. The first kappa shape index (κ1) is 19.0. The van der Waals surface area contributed by atoms with Crippen LogP contribution in [-0.2, 0) is 11.3 Å². The number of carbonyl (C=O) groups excluding carboxylic acids is 2. The zero-order valence-corrected chi connectivity index (χ0v) is 15.5. The third-order valence-electron chi connectivity index (χ3n) is 4.88. The minimum absolute atomic E-state index is 0.0556. The second-order valence-electron chi connectivity index (χ2n) is 6.74. The van der Waals surface area contributed by atoms with Crippen molar-refractivity contribution in [1.82, 2.24) is 14.8 Å². The monoisotopic (exact) mass is 367 g/mol. The number of nitrogens with one attached hydrogen (secondary N) is 1. The highest BCUT2D eigenvalue weighted by Crippen LogP contribution is 2.13. The highest BCUT2D eigenvalue weighted by Gasteiger charge is 2.25. The number of nitrogens with zero attached hydrogens (tertiary/aromatic N) is 3. The Morgan fingerprint density at radius 3 is 2.41 bits per heavy atom. The van der Waals surface area contributed by atoms with Crippen molar-refractivity contribution in [2.45, 2.75) is 19.5 Å². The van der Waals surface area contributed by atoms with Crippen molar-refractivity contribution < 1.29 is 9.59 Å². The molecule has 2 heterocycles. The molecule has 7 nitrogen and oxygen atoms in total. The Morgan fingerprint density at radius 1 is 1.11 bits per heavy atom. The van der Waals surface area contributed by atoms with Crippen molar-refractivity contribution in [1.29, 1.82) is 0 Å². The van der Waals surface area contributed by atoms with Crippen molar-refractivity contribution in [3.63, 3.8) is 0 Å². The van der Waals surface area contributed by atoms with E-state index in [4.69, 9.17) is 5.73 Å². The number of benzene rings is 1. The number of primary amides is 1. The third kappa shape index (κ3) is 5.12. The lowest BCUT2D eigenvalue weighted by Crippen LogP contribution is -2.52. The maximum Gasteiger partial charge on any atom is 0.248 e. The summed E-state index contributed by atoms with van der Waals surface area (Å²) in [6, 6.07) is 12.3. The molecule has 1 aliphatic rings. The van der Waals surface area contributed by atoms with E-state index in [1.54, 1.807) is 24.3 Å². The third-order valence-corrected chi connectivity index (χ3v) is 4.88. The van der Waals surface area contributed by atoms with E-state index in [1.807, 2.05) is 31.3 Å². The lowest BCUT2D eigenvalue weighted by atomic mass is 10.1. The summed E-state index contributed by atoms with van der Waals surface area (Å²) in [5, 5.41) is 2.90. The Labute approximate surface area is 159 Å². The van der Waals surface area contributed by atoms with Gasteiger partial charge in [0.25, 0.3) is 0 Å². The molecule has 0 bridgehead atoms. The number of rotatable bonds is 6. The zero-order valence-electron chi connectivity index (χ0n) is 15.5. The first-order chi connectivity index (χ1) is 13.0. The van der Waals surface area contributed by atoms with E-state index in [0.29, 0.717) is 11.3 Å². The summed E-state index contributed by atoms with van der Waals surface area (Å²) in [5.41, 5.74) is 7.38. The molecule has 1 aromatic carbocycles. The van der Waals surface area contributed by atoms with Gasteiger partial charge in [0.2, 0.25) is 11.8 Å². The molecule has 1 fully saturated rings. The summed E-state index contributed by atoms with van der Waals surface area (Å²) >= 11 is 0. The number of hydrogen-bond donors (Lipinski definition) is 2. The first-order valence-electron chi connectivity index (χ1n) is 9.10. The number of aromatic nitrogens is 1. The highest BCUT2D eigenvalue weighted by molar-refractivity contribution is 5.96. The molecule has 0 saturated carbocycles. The molecular weight excluding hydrogens is 342 g/mol. The fourth-order valence-electron chi connectivity index (χ4n) is 3.16. The Hall–Kier alpha value is -2.77. The predicted molar refractivity (Wildman–Crippen MR) is 104 cm³/mol. The second-order valence-corrected chi connectivity index (χ2v) is 6.74. The van der Waals surface area contributed by atoms with Crippen LogP contribution in [0.3, 0.4) is 0 Å². The molecular formula is C20H25N5O2. The topological polar surface area (TPSA) is 91.6 Å². The van der Waals surface area contributed by atoms with Crippen LogP contribution in [0.15, 0.2) is 48.7 Å². The molecule has 142 valence electrons. The molecule has 3 N–H and O–H groups in total. The molecule has 27 heavy (non-hydrogen) atoms. The standard InChI is InChI=1S/C20H25N5O2/c1-15(20(27)23-17-7-5-16(6-8-17)19(21)26)25-12-10-24(11-13-25)14-18-4-2-3-9-22-18/h2-9,15H,10-14H2,1H3,(H2,21,26)(H,23,27). The van der Waals surface area contributed by atoms with Gasteiger partial charge in [-0.1, -0.05) is 6.07 Å². The van der Waals surface area contributed by atoms with E-state index in [2.05, 4.69) is 20.1 Å². The Kier molecular flexibility index (Phi) is 6.16. The van der Waals surface area contributed by atoms with Crippen LogP contribution < -0.4 is 11.1 Å². The van der Waals surface area contributed by atoms with E-state index < -0.39 is 5.91 Å². The zero-order chi connectivity index (χ0) is 19.2. The van der Waals surface area contributed by atoms with E-state index in [-0.39, 0.29) is 11.9 Å². The van der Waals surface area contributed by atoms with Gasteiger partial charge in [-0.15, -0.1) is 0 Å². The SMILES string of the molecule is CC(C(=O)Nc1ccc(C(N)=O)cc1)N1CCN(Cc2ccccn2)CC1. The van der Waals surface area contributed by atoms with Crippen LogP contribution in [0, 0.1) is 0 Å². The van der Waals surface area contributed by atoms with Crippen molar-refractivity contribution >= 4 is 17.5 Å². The van der Waals surface area contributed by atoms with Gasteiger partial charge < -0.3 is 11.1 Å². The number of amides is 2. The van der Waals surface area contributed by atoms with Gasteiger partial charge in [-0.05, 0) is 43.3 Å². The molecule has 1 saturated heterocycles. The predicted octanol–water partition coefficient (Wildman–Crippen LogP) is 1.33. The average Bonchev–Trinajstić information content (AvgIpc) is 2.69. The van der Waals surface area contributed by atoms with Crippen LogP contribution in [0.5, 0.6) is 0 Å². The summed E-state index contributed by atoms with van der Waals surface area (Å²) in [7, 11) is 0. The van der Waals surface area contributed by atoms with Crippen LogP contribution >= 0.6 is 0 Å². The maximum atomic E-state index is 12.5. The molecule has 7 heteroatoms. The molecule has 0 radical (unpaired) electrons. The number of nitrogens with two attached hydrogens (primary N) is 1. The van der Waals surface area contributed by atoms with Gasteiger partial charge in [0.1, 0.15) is 0 Å². The number of piperazine rings is 1. The van der Waals surface area contributed by atoms with Crippen LogP contribution in [0.4, 0.5) is 5.69 Å². The largest absolute Gasteiger partial charge is 0.366 e. The molecule has 0 spiro atoms. The first-order valence-corrected chi connectivity index (χ1v) is 9.10. The van der Waals surface area contributed by atoms with Crippen LogP contribution in [0.2, 0.25) is 0 Å². The van der Waals surface area contributed by atoms with Crippen LogP contribution in [-0.4, -0.2) is 58.8 Å². The molecule has 1 unspecified atom stereocenters. The van der Waals surface area contributed by atoms with E-state index in [1.165, 1.54) is 0 Å². The van der Waals surface area contributed by atoms with Gasteiger partial charge in [-0.3, -0.25) is 24.4 Å².